The number of ether oxygens (including phenoxy) is 2. The summed E-state index contributed by atoms with van der Waals surface area (Å²) in [6.07, 6.45) is 9.50. The summed E-state index contributed by atoms with van der Waals surface area (Å²) in [6.45, 7) is 6.09. The van der Waals surface area contributed by atoms with Crippen LogP contribution < -0.4 is 10.0 Å². The molecule has 1 aliphatic rings. The Morgan fingerprint density at radius 1 is 1.19 bits per heavy atom. The summed E-state index contributed by atoms with van der Waals surface area (Å²) >= 11 is 1.59. The number of nitrogens with one attached hydrogen (secondary N) is 3. The standard InChI is InChI=1S/C26H37N5O4S2/c1-5-30-37(32,33)23-14-18(15-24-27-12-13-28-24)6-11-21(23)22-16-29-25(36-22)19-7-9-20(10-8-19)31-26(34-4)35-17(2)3/h6,11-14,16-17,19-20,26,30-31H,5,7-10,15H2,1-4H3,(H,27,28). The Balaban J connectivity index is 1.49. The van der Waals surface area contributed by atoms with Crippen molar-refractivity contribution in [3.8, 4) is 10.4 Å². The number of rotatable bonds is 12. The van der Waals surface area contributed by atoms with Gasteiger partial charge in [-0.3, -0.25) is 5.32 Å². The number of benzene rings is 1. The van der Waals surface area contributed by atoms with E-state index in [0.29, 0.717) is 30.5 Å². The molecule has 2 heterocycles. The van der Waals surface area contributed by atoms with Gasteiger partial charge in [-0.25, -0.2) is 23.1 Å². The fourth-order valence-electron chi connectivity index (χ4n) is 4.67. The molecular weight excluding hydrogens is 510 g/mol. The molecule has 1 atom stereocenters. The zero-order valence-corrected chi connectivity index (χ0v) is 23.5. The molecule has 4 rings (SSSR count). The average Bonchev–Trinajstić information content (AvgIpc) is 3.56. The number of H-pyrrole nitrogens is 1. The van der Waals surface area contributed by atoms with E-state index in [2.05, 4.69) is 20.0 Å². The van der Waals surface area contributed by atoms with E-state index < -0.39 is 16.4 Å². The number of hydrogen-bond donors (Lipinski definition) is 3. The topological polar surface area (TPSA) is 118 Å². The first-order valence-electron chi connectivity index (χ1n) is 12.8. The number of methoxy groups -OCH3 is 1. The average molecular weight is 548 g/mol. The van der Waals surface area contributed by atoms with Crippen LogP contribution in [0.4, 0.5) is 0 Å². The molecule has 1 saturated carbocycles. The predicted octanol–water partition coefficient (Wildman–Crippen LogP) is 4.39. The van der Waals surface area contributed by atoms with Gasteiger partial charge in [0.15, 0.2) is 0 Å². The Morgan fingerprint density at radius 3 is 2.62 bits per heavy atom. The van der Waals surface area contributed by atoms with Gasteiger partial charge in [0.25, 0.3) is 0 Å². The van der Waals surface area contributed by atoms with Gasteiger partial charge in [0.05, 0.1) is 20.9 Å². The number of hydrogen-bond acceptors (Lipinski definition) is 8. The van der Waals surface area contributed by atoms with Gasteiger partial charge in [-0.1, -0.05) is 19.1 Å². The van der Waals surface area contributed by atoms with E-state index in [4.69, 9.17) is 14.5 Å². The minimum absolute atomic E-state index is 0.0861. The number of aromatic nitrogens is 3. The van der Waals surface area contributed by atoms with Gasteiger partial charge >= 0.3 is 0 Å². The van der Waals surface area contributed by atoms with E-state index >= 15 is 0 Å². The molecule has 0 spiro atoms. The van der Waals surface area contributed by atoms with Crippen LogP contribution in [0.15, 0.2) is 41.7 Å². The first kappa shape index (κ1) is 27.9. The van der Waals surface area contributed by atoms with E-state index in [1.165, 1.54) is 0 Å². The lowest BCUT2D eigenvalue weighted by Gasteiger charge is -2.31. The Labute approximate surface area is 223 Å². The number of nitrogens with zero attached hydrogens (tertiary/aromatic N) is 2. The molecule has 3 N–H and O–H groups in total. The molecule has 0 amide bonds. The lowest BCUT2D eigenvalue weighted by molar-refractivity contribution is -0.170. The molecule has 1 aliphatic carbocycles. The maximum Gasteiger partial charge on any atom is 0.241 e. The molecule has 11 heteroatoms. The van der Waals surface area contributed by atoms with Gasteiger partial charge in [0.1, 0.15) is 5.82 Å². The van der Waals surface area contributed by atoms with Gasteiger partial charge in [-0.15, -0.1) is 11.3 Å². The third kappa shape index (κ3) is 7.24. The van der Waals surface area contributed by atoms with E-state index in [1.807, 2.05) is 32.2 Å². The molecule has 3 aromatic rings. The number of sulfonamides is 1. The van der Waals surface area contributed by atoms with Crippen molar-refractivity contribution in [1.82, 2.24) is 25.0 Å². The van der Waals surface area contributed by atoms with Crippen molar-refractivity contribution in [3.63, 3.8) is 0 Å². The van der Waals surface area contributed by atoms with Crippen LogP contribution >= 0.6 is 11.3 Å². The number of thiazole rings is 1. The Kier molecular flexibility index (Phi) is 9.49. The fourth-order valence-corrected chi connectivity index (χ4v) is 7.17. The van der Waals surface area contributed by atoms with E-state index in [1.54, 1.807) is 43.8 Å². The number of imidazole rings is 1. The maximum absolute atomic E-state index is 13.1. The van der Waals surface area contributed by atoms with Crippen molar-refractivity contribution in [3.05, 3.63) is 53.2 Å². The third-order valence-electron chi connectivity index (χ3n) is 6.44. The SMILES string of the molecule is CCNS(=O)(=O)c1cc(Cc2ncc[nH]2)ccc1-c1cnc(C2CCC(NC(OC)OC(C)C)CC2)s1. The molecule has 0 radical (unpaired) electrons. The molecule has 37 heavy (non-hydrogen) atoms. The number of aromatic amines is 1. The van der Waals surface area contributed by atoms with Crippen molar-refractivity contribution >= 4 is 21.4 Å². The van der Waals surface area contributed by atoms with Crippen LogP contribution in [-0.4, -0.2) is 55.6 Å². The lowest BCUT2D eigenvalue weighted by atomic mass is 9.86. The van der Waals surface area contributed by atoms with Gasteiger partial charge in [0.2, 0.25) is 16.4 Å². The highest BCUT2D eigenvalue weighted by Gasteiger charge is 2.28. The van der Waals surface area contributed by atoms with Crippen molar-refractivity contribution in [2.75, 3.05) is 13.7 Å². The van der Waals surface area contributed by atoms with Crippen LogP contribution in [0.2, 0.25) is 0 Å². The summed E-state index contributed by atoms with van der Waals surface area (Å²) in [5, 5.41) is 4.51. The van der Waals surface area contributed by atoms with Crippen molar-refractivity contribution in [2.24, 2.45) is 0 Å². The minimum Gasteiger partial charge on any atom is -0.348 e. The zero-order valence-electron chi connectivity index (χ0n) is 21.9. The third-order valence-corrected chi connectivity index (χ3v) is 9.22. The highest BCUT2D eigenvalue weighted by Crippen LogP contribution is 2.39. The maximum atomic E-state index is 13.1. The normalized spacial score (nSPS) is 19.4. The van der Waals surface area contributed by atoms with Crippen molar-refractivity contribution in [2.45, 2.75) is 82.2 Å². The van der Waals surface area contributed by atoms with E-state index in [0.717, 1.165) is 47.0 Å². The Hall–Kier alpha value is -2.15. The zero-order chi connectivity index (χ0) is 26.4. The fraction of sp³-hybridized carbons (Fsp3) is 0.538. The van der Waals surface area contributed by atoms with Crippen LogP contribution in [0, 0.1) is 0 Å². The summed E-state index contributed by atoms with van der Waals surface area (Å²) in [7, 11) is -2.02. The van der Waals surface area contributed by atoms with Gasteiger partial charge < -0.3 is 14.5 Å². The predicted molar refractivity (Wildman–Crippen MR) is 145 cm³/mol. The van der Waals surface area contributed by atoms with Crippen LogP contribution in [0.5, 0.6) is 0 Å². The first-order chi connectivity index (χ1) is 17.8. The molecule has 202 valence electrons. The molecule has 1 unspecified atom stereocenters. The monoisotopic (exact) mass is 547 g/mol. The molecule has 0 aliphatic heterocycles. The van der Waals surface area contributed by atoms with Gasteiger partial charge in [-0.05, 0) is 51.2 Å². The molecular formula is C26H37N5O4S2. The Bertz CT molecular complexity index is 1240. The van der Waals surface area contributed by atoms with Gasteiger partial charge in [0, 0.05) is 56.2 Å². The molecule has 2 aromatic heterocycles. The minimum atomic E-state index is -3.67. The second-order valence-corrected chi connectivity index (χ2v) is 12.4. The molecule has 1 aromatic carbocycles. The molecule has 0 saturated heterocycles. The second-order valence-electron chi connectivity index (χ2n) is 9.57. The smallest absolute Gasteiger partial charge is 0.241 e. The summed E-state index contributed by atoms with van der Waals surface area (Å²) in [4.78, 5) is 13.2. The summed E-state index contributed by atoms with van der Waals surface area (Å²) in [6, 6.07) is 5.93. The van der Waals surface area contributed by atoms with Gasteiger partial charge in [-0.2, -0.15) is 0 Å². The summed E-state index contributed by atoms with van der Waals surface area (Å²) in [5.74, 6) is 1.15. The largest absolute Gasteiger partial charge is 0.348 e. The highest BCUT2D eigenvalue weighted by molar-refractivity contribution is 7.89. The van der Waals surface area contributed by atoms with Crippen LogP contribution in [0.1, 0.15) is 68.8 Å². The first-order valence-corrected chi connectivity index (χ1v) is 15.1. The van der Waals surface area contributed by atoms with Crippen LogP contribution in [-0.2, 0) is 25.9 Å². The van der Waals surface area contributed by atoms with Crippen LogP contribution in [0.25, 0.3) is 10.4 Å². The van der Waals surface area contributed by atoms with Crippen molar-refractivity contribution in [1.29, 1.82) is 0 Å². The lowest BCUT2D eigenvalue weighted by Crippen LogP contribution is -2.43. The van der Waals surface area contributed by atoms with E-state index in [-0.39, 0.29) is 11.0 Å². The second kappa shape index (κ2) is 12.6. The summed E-state index contributed by atoms with van der Waals surface area (Å²) < 4.78 is 40.1. The van der Waals surface area contributed by atoms with Crippen LogP contribution in [0.3, 0.4) is 0 Å². The highest BCUT2D eigenvalue weighted by atomic mass is 32.2. The van der Waals surface area contributed by atoms with E-state index in [9.17, 15) is 8.42 Å². The molecule has 9 nitrogen and oxygen atoms in total. The van der Waals surface area contributed by atoms with Crippen molar-refractivity contribution < 1.29 is 17.9 Å². The Morgan fingerprint density at radius 2 is 1.97 bits per heavy atom. The summed E-state index contributed by atoms with van der Waals surface area (Å²) in [5.41, 5.74) is 1.55. The quantitative estimate of drug-likeness (QED) is 0.288. The molecule has 0 bridgehead atoms. The molecule has 1 fully saturated rings.